The molecule has 0 fully saturated rings. The van der Waals surface area contributed by atoms with Gasteiger partial charge in [-0.3, -0.25) is 14.5 Å². The maximum atomic E-state index is 12.6. The zero-order valence-electron chi connectivity index (χ0n) is 12.1. The van der Waals surface area contributed by atoms with Crippen molar-refractivity contribution in [2.45, 2.75) is 39.0 Å². The molecule has 0 spiro atoms. The third-order valence-corrected chi connectivity index (χ3v) is 4.29. The van der Waals surface area contributed by atoms with E-state index < -0.39 is 5.41 Å². The van der Waals surface area contributed by atoms with Gasteiger partial charge in [-0.25, -0.2) is 0 Å². The molecule has 0 N–H and O–H groups in total. The molecule has 19 heavy (non-hydrogen) atoms. The van der Waals surface area contributed by atoms with Crippen molar-refractivity contribution in [2.75, 3.05) is 7.05 Å². The molecule has 0 saturated heterocycles. The van der Waals surface area contributed by atoms with Gasteiger partial charge in [0.1, 0.15) is 0 Å². The number of nitrogens with zero attached hydrogens (tertiary/aromatic N) is 1. The lowest BCUT2D eigenvalue weighted by Crippen LogP contribution is -2.51. The van der Waals surface area contributed by atoms with E-state index in [-0.39, 0.29) is 11.8 Å². The number of carbonyl (C=O) groups excluding carboxylic acids is 2. The van der Waals surface area contributed by atoms with Crippen molar-refractivity contribution in [3.8, 4) is 0 Å². The van der Waals surface area contributed by atoms with E-state index >= 15 is 0 Å². The van der Waals surface area contributed by atoms with Crippen molar-refractivity contribution in [1.82, 2.24) is 4.90 Å². The topological polar surface area (TPSA) is 37.4 Å². The predicted octanol–water partition coefficient (Wildman–Crippen LogP) is 2.99. The smallest absolute Gasteiger partial charge is 0.260 e. The zero-order valence-corrected chi connectivity index (χ0v) is 12.1. The highest BCUT2D eigenvalue weighted by molar-refractivity contribution is 6.12. The monoisotopic (exact) mass is 259 g/mol. The molecule has 1 aliphatic heterocycles. The van der Waals surface area contributed by atoms with Gasteiger partial charge in [-0.05, 0) is 30.9 Å². The first-order chi connectivity index (χ1) is 8.91. The molecule has 1 heterocycles. The van der Waals surface area contributed by atoms with E-state index in [1.807, 2.05) is 31.2 Å². The Morgan fingerprint density at radius 3 is 2.53 bits per heavy atom. The minimum atomic E-state index is -0.589. The lowest BCUT2D eigenvalue weighted by molar-refractivity contribution is -0.134. The summed E-state index contributed by atoms with van der Waals surface area (Å²) in [6, 6.07) is 7.49. The SMILES string of the molecule is CC[C@@H](C)CC1(C)C(=O)N(C)C(=O)c2ccccc21. The molecule has 0 saturated carbocycles. The van der Waals surface area contributed by atoms with E-state index in [0.717, 1.165) is 18.4 Å². The Labute approximate surface area is 114 Å². The van der Waals surface area contributed by atoms with Gasteiger partial charge in [-0.15, -0.1) is 0 Å². The molecule has 2 amide bonds. The molecule has 1 aromatic carbocycles. The Morgan fingerprint density at radius 1 is 1.26 bits per heavy atom. The summed E-state index contributed by atoms with van der Waals surface area (Å²) in [7, 11) is 1.58. The number of benzene rings is 1. The van der Waals surface area contributed by atoms with Crippen molar-refractivity contribution < 1.29 is 9.59 Å². The summed E-state index contributed by atoms with van der Waals surface area (Å²) in [5.41, 5.74) is 0.952. The first-order valence-electron chi connectivity index (χ1n) is 6.83. The van der Waals surface area contributed by atoms with E-state index in [0.29, 0.717) is 11.5 Å². The quantitative estimate of drug-likeness (QED) is 0.783. The van der Waals surface area contributed by atoms with Gasteiger partial charge in [0.15, 0.2) is 0 Å². The van der Waals surface area contributed by atoms with Crippen molar-refractivity contribution in [3.63, 3.8) is 0 Å². The minimum Gasteiger partial charge on any atom is -0.281 e. The Bertz CT molecular complexity index is 523. The van der Waals surface area contributed by atoms with E-state index in [2.05, 4.69) is 13.8 Å². The molecule has 0 radical (unpaired) electrons. The number of hydrogen-bond donors (Lipinski definition) is 0. The highest BCUT2D eigenvalue weighted by atomic mass is 16.2. The van der Waals surface area contributed by atoms with Crippen LogP contribution in [0, 0.1) is 5.92 Å². The number of fused-ring (bicyclic) bond motifs is 1. The maximum absolute atomic E-state index is 12.6. The average Bonchev–Trinajstić information content (AvgIpc) is 2.43. The summed E-state index contributed by atoms with van der Waals surface area (Å²) in [5, 5.41) is 0. The second-order valence-corrected chi connectivity index (χ2v) is 5.76. The Morgan fingerprint density at radius 2 is 1.89 bits per heavy atom. The molecule has 2 rings (SSSR count). The summed E-state index contributed by atoms with van der Waals surface area (Å²) >= 11 is 0. The highest BCUT2D eigenvalue weighted by Gasteiger charge is 2.46. The second kappa shape index (κ2) is 4.80. The first kappa shape index (κ1) is 13.8. The average molecular weight is 259 g/mol. The molecule has 2 atom stereocenters. The fourth-order valence-electron chi connectivity index (χ4n) is 2.95. The van der Waals surface area contributed by atoms with E-state index in [4.69, 9.17) is 0 Å². The standard InChI is InChI=1S/C16H21NO2/c1-5-11(2)10-16(3)13-9-7-6-8-12(13)14(18)17(4)15(16)19/h6-9,11H,5,10H2,1-4H3/t11-,16?/m1/s1. The first-order valence-corrected chi connectivity index (χ1v) is 6.83. The van der Waals surface area contributed by atoms with Crippen LogP contribution in [-0.4, -0.2) is 23.8 Å². The largest absolute Gasteiger partial charge is 0.281 e. The van der Waals surface area contributed by atoms with Crippen LogP contribution < -0.4 is 0 Å². The third-order valence-electron chi connectivity index (χ3n) is 4.29. The van der Waals surface area contributed by atoms with Crippen molar-refractivity contribution in [3.05, 3.63) is 35.4 Å². The summed E-state index contributed by atoms with van der Waals surface area (Å²) in [4.78, 5) is 26.0. The lowest BCUT2D eigenvalue weighted by Gasteiger charge is -2.39. The molecule has 3 heteroatoms. The molecular formula is C16H21NO2. The molecule has 1 aromatic rings. The molecule has 3 nitrogen and oxygen atoms in total. The van der Waals surface area contributed by atoms with E-state index in [9.17, 15) is 9.59 Å². The molecule has 0 aromatic heterocycles. The number of imide groups is 1. The lowest BCUT2D eigenvalue weighted by atomic mass is 9.70. The van der Waals surface area contributed by atoms with E-state index in [1.54, 1.807) is 7.05 Å². The van der Waals surface area contributed by atoms with Gasteiger partial charge in [0.25, 0.3) is 5.91 Å². The van der Waals surface area contributed by atoms with Gasteiger partial charge in [-0.2, -0.15) is 0 Å². The number of carbonyl (C=O) groups is 2. The molecule has 0 aliphatic carbocycles. The number of likely N-dealkylation sites (N-methyl/N-ethyl adjacent to an activating group) is 1. The molecule has 0 bridgehead atoms. The minimum absolute atomic E-state index is 0.0866. The van der Waals surface area contributed by atoms with Crippen LogP contribution in [0.15, 0.2) is 24.3 Å². The Hall–Kier alpha value is -1.64. The van der Waals surface area contributed by atoms with Gasteiger partial charge >= 0.3 is 0 Å². The second-order valence-electron chi connectivity index (χ2n) is 5.76. The summed E-state index contributed by atoms with van der Waals surface area (Å²) in [6.45, 7) is 6.24. The van der Waals surface area contributed by atoms with Crippen LogP contribution in [0.5, 0.6) is 0 Å². The van der Waals surface area contributed by atoms with Crippen LogP contribution >= 0.6 is 0 Å². The van der Waals surface area contributed by atoms with Crippen LogP contribution in [0.2, 0.25) is 0 Å². The number of amides is 2. The van der Waals surface area contributed by atoms with Gasteiger partial charge in [-0.1, -0.05) is 38.5 Å². The predicted molar refractivity (Wildman–Crippen MR) is 75.0 cm³/mol. The van der Waals surface area contributed by atoms with Gasteiger partial charge in [0.2, 0.25) is 5.91 Å². The Balaban J connectivity index is 2.56. The van der Waals surface area contributed by atoms with Crippen molar-refractivity contribution in [1.29, 1.82) is 0 Å². The highest BCUT2D eigenvalue weighted by Crippen LogP contribution is 2.39. The van der Waals surface area contributed by atoms with Crippen molar-refractivity contribution in [2.24, 2.45) is 5.92 Å². The summed E-state index contributed by atoms with van der Waals surface area (Å²) < 4.78 is 0. The normalized spacial score (nSPS) is 24.3. The van der Waals surface area contributed by atoms with Crippen LogP contribution in [-0.2, 0) is 10.2 Å². The van der Waals surface area contributed by atoms with Crippen LogP contribution in [0.25, 0.3) is 0 Å². The molecule has 1 unspecified atom stereocenters. The maximum Gasteiger partial charge on any atom is 0.260 e. The van der Waals surface area contributed by atoms with Crippen molar-refractivity contribution >= 4 is 11.8 Å². The van der Waals surface area contributed by atoms with Crippen LogP contribution in [0.1, 0.15) is 49.5 Å². The zero-order chi connectivity index (χ0) is 14.2. The molecule has 102 valence electrons. The van der Waals surface area contributed by atoms with Gasteiger partial charge in [0.05, 0.1) is 5.41 Å². The van der Waals surface area contributed by atoms with Crippen LogP contribution in [0.4, 0.5) is 0 Å². The number of rotatable bonds is 3. The van der Waals surface area contributed by atoms with Crippen LogP contribution in [0.3, 0.4) is 0 Å². The molecule has 1 aliphatic rings. The van der Waals surface area contributed by atoms with Gasteiger partial charge in [0, 0.05) is 12.6 Å². The Kier molecular flexibility index (Phi) is 3.48. The number of hydrogen-bond acceptors (Lipinski definition) is 2. The fraction of sp³-hybridized carbons (Fsp3) is 0.500. The third kappa shape index (κ3) is 2.07. The summed E-state index contributed by atoms with van der Waals surface area (Å²) in [5.74, 6) is 0.169. The molecular weight excluding hydrogens is 238 g/mol. The fourth-order valence-corrected chi connectivity index (χ4v) is 2.95. The summed E-state index contributed by atoms with van der Waals surface area (Å²) in [6.07, 6.45) is 1.81. The van der Waals surface area contributed by atoms with Gasteiger partial charge < -0.3 is 0 Å². The van der Waals surface area contributed by atoms with E-state index in [1.165, 1.54) is 4.90 Å².